The lowest BCUT2D eigenvalue weighted by molar-refractivity contribution is 0.0870. The van der Waals surface area contributed by atoms with Crippen molar-refractivity contribution in [2.75, 3.05) is 23.8 Å². The molecule has 2 aromatic heterocycles. The minimum Gasteiger partial charge on any atom is -0.377 e. The predicted octanol–water partition coefficient (Wildman–Crippen LogP) is 3.07. The summed E-state index contributed by atoms with van der Waals surface area (Å²) < 4.78 is 5.49. The SMILES string of the molecule is Cc1cncnc1Nc1ccc(NCCOC(C)C)nc1C. The minimum absolute atomic E-state index is 0.249. The molecule has 0 aliphatic carbocycles. The third-order valence-corrected chi connectivity index (χ3v) is 3.09. The van der Waals surface area contributed by atoms with E-state index >= 15 is 0 Å². The van der Waals surface area contributed by atoms with Gasteiger partial charge in [0.1, 0.15) is 18.0 Å². The molecule has 0 saturated carbocycles. The highest BCUT2D eigenvalue weighted by Gasteiger charge is 2.05. The number of pyridine rings is 1. The van der Waals surface area contributed by atoms with Crippen LogP contribution in [-0.4, -0.2) is 34.2 Å². The van der Waals surface area contributed by atoms with Crippen LogP contribution < -0.4 is 10.6 Å². The molecule has 0 saturated heterocycles. The Labute approximate surface area is 131 Å². The van der Waals surface area contributed by atoms with E-state index in [4.69, 9.17) is 4.74 Å². The second-order valence-electron chi connectivity index (χ2n) is 5.36. The molecule has 2 N–H and O–H groups in total. The summed E-state index contributed by atoms with van der Waals surface area (Å²) in [5.41, 5.74) is 2.84. The Hall–Kier alpha value is -2.21. The lowest BCUT2D eigenvalue weighted by Gasteiger charge is -2.12. The molecular formula is C16H23N5O. The molecule has 0 fully saturated rings. The van der Waals surface area contributed by atoms with Crippen molar-refractivity contribution in [2.45, 2.75) is 33.8 Å². The molecule has 2 heterocycles. The van der Waals surface area contributed by atoms with Crippen molar-refractivity contribution in [3.8, 4) is 0 Å². The molecule has 0 aromatic carbocycles. The van der Waals surface area contributed by atoms with E-state index < -0.39 is 0 Å². The van der Waals surface area contributed by atoms with Crippen molar-refractivity contribution < 1.29 is 4.74 Å². The van der Waals surface area contributed by atoms with Crippen molar-refractivity contribution in [3.63, 3.8) is 0 Å². The average Bonchev–Trinajstić information content (AvgIpc) is 2.48. The molecule has 0 bridgehead atoms. The van der Waals surface area contributed by atoms with E-state index in [1.54, 1.807) is 6.20 Å². The number of anilines is 3. The number of ether oxygens (including phenoxy) is 1. The third-order valence-electron chi connectivity index (χ3n) is 3.09. The topological polar surface area (TPSA) is 72.0 Å². The van der Waals surface area contributed by atoms with Crippen molar-refractivity contribution in [1.29, 1.82) is 0 Å². The zero-order valence-electron chi connectivity index (χ0n) is 13.6. The second-order valence-corrected chi connectivity index (χ2v) is 5.36. The maximum atomic E-state index is 5.49. The van der Waals surface area contributed by atoms with Crippen molar-refractivity contribution >= 4 is 17.3 Å². The first-order valence-corrected chi connectivity index (χ1v) is 7.43. The average molecular weight is 301 g/mol. The number of hydrogen-bond acceptors (Lipinski definition) is 6. The number of rotatable bonds is 7. The first-order chi connectivity index (χ1) is 10.6. The molecule has 6 heteroatoms. The lowest BCUT2D eigenvalue weighted by atomic mass is 10.2. The summed E-state index contributed by atoms with van der Waals surface area (Å²) >= 11 is 0. The fourth-order valence-corrected chi connectivity index (χ4v) is 1.92. The van der Waals surface area contributed by atoms with Gasteiger partial charge in [-0.25, -0.2) is 15.0 Å². The van der Waals surface area contributed by atoms with Crippen LogP contribution in [0.5, 0.6) is 0 Å². The maximum Gasteiger partial charge on any atom is 0.136 e. The highest BCUT2D eigenvalue weighted by molar-refractivity contribution is 5.62. The fraction of sp³-hybridized carbons (Fsp3) is 0.438. The van der Waals surface area contributed by atoms with Crippen LogP contribution in [0, 0.1) is 13.8 Å². The van der Waals surface area contributed by atoms with Gasteiger partial charge in [-0.3, -0.25) is 0 Å². The summed E-state index contributed by atoms with van der Waals surface area (Å²) in [6.07, 6.45) is 3.56. The quantitative estimate of drug-likeness (QED) is 0.766. The number of aryl methyl sites for hydroxylation is 2. The molecule has 0 radical (unpaired) electrons. The van der Waals surface area contributed by atoms with Crippen molar-refractivity contribution in [2.24, 2.45) is 0 Å². The first-order valence-electron chi connectivity index (χ1n) is 7.43. The van der Waals surface area contributed by atoms with Gasteiger partial charge in [-0.1, -0.05) is 0 Å². The van der Waals surface area contributed by atoms with Gasteiger partial charge in [0.25, 0.3) is 0 Å². The third kappa shape index (κ3) is 4.66. The summed E-state index contributed by atoms with van der Waals surface area (Å²) in [5.74, 6) is 1.64. The van der Waals surface area contributed by atoms with Crippen LogP contribution in [0.4, 0.5) is 17.3 Å². The smallest absolute Gasteiger partial charge is 0.136 e. The summed E-state index contributed by atoms with van der Waals surface area (Å²) in [6.45, 7) is 9.39. The van der Waals surface area contributed by atoms with Crippen LogP contribution in [-0.2, 0) is 4.74 Å². The Morgan fingerprint density at radius 2 is 2.05 bits per heavy atom. The van der Waals surface area contributed by atoms with Crippen LogP contribution in [0.3, 0.4) is 0 Å². The van der Waals surface area contributed by atoms with E-state index in [-0.39, 0.29) is 6.10 Å². The van der Waals surface area contributed by atoms with E-state index in [0.29, 0.717) is 6.61 Å². The fourth-order valence-electron chi connectivity index (χ4n) is 1.92. The molecule has 0 aliphatic heterocycles. The molecule has 0 atom stereocenters. The molecular weight excluding hydrogens is 278 g/mol. The van der Waals surface area contributed by atoms with E-state index in [1.165, 1.54) is 6.33 Å². The molecule has 0 aliphatic rings. The van der Waals surface area contributed by atoms with Crippen LogP contribution >= 0.6 is 0 Å². The number of hydrogen-bond donors (Lipinski definition) is 2. The normalized spacial score (nSPS) is 10.8. The number of nitrogens with zero attached hydrogens (tertiary/aromatic N) is 3. The maximum absolute atomic E-state index is 5.49. The summed E-state index contributed by atoms with van der Waals surface area (Å²) in [4.78, 5) is 12.8. The van der Waals surface area contributed by atoms with Gasteiger partial charge >= 0.3 is 0 Å². The van der Waals surface area contributed by atoms with E-state index in [2.05, 4.69) is 25.6 Å². The standard InChI is InChI=1S/C16H23N5O/c1-11(2)22-8-7-18-15-6-5-14(13(4)20-15)21-16-12(3)9-17-10-19-16/h5-6,9-11H,7-8H2,1-4H3,(H,18,20)(H,17,19,21). The molecule has 118 valence electrons. The van der Waals surface area contributed by atoms with Gasteiger partial charge in [0, 0.05) is 18.3 Å². The predicted molar refractivity (Wildman–Crippen MR) is 88.6 cm³/mol. The minimum atomic E-state index is 0.249. The molecule has 2 rings (SSSR count). The van der Waals surface area contributed by atoms with Crippen LogP contribution in [0.25, 0.3) is 0 Å². The highest BCUT2D eigenvalue weighted by atomic mass is 16.5. The molecule has 0 amide bonds. The van der Waals surface area contributed by atoms with Crippen molar-refractivity contribution in [3.05, 3.63) is 35.9 Å². The lowest BCUT2D eigenvalue weighted by Crippen LogP contribution is -2.14. The number of aromatic nitrogens is 3. The van der Waals surface area contributed by atoms with E-state index in [9.17, 15) is 0 Å². The van der Waals surface area contributed by atoms with Crippen molar-refractivity contribution in [1.82, 2.24) is 15.0 Å². The Kier molecular flexibility index (Phi) is 5.66. The van der Waals surface area contributed by atoms with Crippen LogP contribution in [0.15, 0.2) is 24.7 Å². The second kappa shape index (κ2) is 7.70. The van der Waals surface area contributed by atoms with Crippen LogP contribution in [0.1, 0.15) is 25.1 Å². The Bertz CT molecular complexity index is 615. The highest BCUT2D eigenvalue weighted by Crippen LogP contribution is 2.21. The van der Waals surface area contributed by atoms with Gasteiger partial charge in [-0.2, -0.15) is 0 Å². The van der Waals surface area contributed by atoms with E-state index in [1.807, 2.05) is 39.8 Å². The Balaban J connectivity index is 1.96. The van der Waals surface area contributed by atoms with Gasteiger partial charge in [-0.15, -0.1) is 0 Å². The largest absolute Gasteiger partial charge is 0.377 e. The molecule has 2 aromatic rings. The molecule has 0 spiro atoms. The van der Waals surface area contributed by atoms with E-state index in [0.717, 1.165) is 35.1 Å². The molecule has 22 heavy (non-hydrogen) atoms. The molecule has 0 unspecified atom stereocenters. The first kappa shape index (κ1) is 16.2. The zero-order valence-corrected chi connectivity index (χ0v) is 13.6. The summed E-state index contributed by atoms with van der Waals surface area (Å²) in [6, 6.07) is 3.94. The van der Waals surface area contributed by atoms with Crippen LogP contribution in [0.2, 0.25) is 0 Å². The monoisotopic (exact) mass is 301 g/mol. The number of nitrogens with one attached hydrogen (secondary N) is 2. The van der Waals surface area contributed by atoms with Gasteiger partial charge < -0.3 is 15.4 Å². The van der Waals surface area contributed by atoms with Gasteiger partial charge in [0.2, 0.25) is 0 Å². The Morgan fingerprint density at radius 1 is 1.23 bits per heavy atom. The Morgan fingerprint density at radius 3 is 2.73 bits per heavy atom. The van der Waals surface area contributed by atoms with Gasteiger partial charge in [0.15, 0.2) is 0 Å². The molecule has 6 nitrogen and oxygen atoms in total. The zero-order chi connectivity index (χ0) is 15.9. The summed E-state index contributed by atoms with van der Waals surface area (Å²) in [5, 5.41) is 6.54. The van der Waals surface area contributed by atoms with Gasteiger partial charge in [-0.05, 0) is 39.8 Å². The summed E-state index contributed by atoms with van der Waals surface area (Å²) in [7, 11) is 0. The van der Waals surface area contributed by atoms with Gasteiger partial charge in [0.05, 0.1) is 24.1 Å².